The fourth-order valence-electron chi connectivity index (χ4n) is 2.94. The average molecular weight is 315 g/mol. The Balaban J connectivity index is 1.86. The van der Waals surface area contributed by atoms with E-state index in [9.17, 15) is 0 Å². The van der Waals surface area contributed by atoms with Crippen LogP contribution in [0.1, 0.15) is 24.5 Å². The van der Waals surface area contributed by atoms with Crippen molar-refractivity contribution in [3.63, 3.8) is 0 Å². The van der Waals surface area contributed by atoms with Crippen LogP contribution in [0.3, 0.4) is 0 Å². The average Bonchev–Trinajstić information content (AvgIpc) is 3.23. The van der Waals surface area contributed by atoms with Gasteiger partial charge < -0.3 is 10.1 Å². The Labute approximate surface area is 132 Å². The van der Waals surface area contributed by atoms with Gasteiger partial charge in [-0.05, 0) is 19.4 Å². The SMILES string of the molecule is COc1cc(C2CCCNC2)nc2c(-c3cscn3)cnn12. The molecule has 3 aromatic heterocycles. The summed E-state index contributed by atoms with van der Waals surface area (Å²) in [5, 5.41) is 9.86. The molecule has 0 amide bonds. The van der Waals surface area contributed by atoms with E-state index >= 15 is 0 Å². The van der Waals surface area contributed by atoms with E-state index in [2.05, 4.69) is 15.4 Å². The zero-order chi connectivity index (χ0) is 14.9. The van der Waals surface area contributed by atoms with Crippen molar-refractivity contribution in [1.29, 1.82) is 0 Å². The highest BCUT2D eigenvalue weighted by atomic mass is 32.1. The molecule has 0 radical (unpaired) electrons. The Morgan fingerprint density at radius 1 is 1.45 bits per heavy atom. The number of hydrogen-bond acceptors (Lipinski definition) is 6. The van der Waals surface area contributed by atoms with Gasteiger partial charge in [0.05, 0.1) is 35.8 Å². The van der Waals surface area contributed by atoms with E-state index in [1.807, 2.05) is 23.2 Å². The van der Waals surface area contributed by atoms with E-state index in [0.29, 0.717) is 11.8 Å². The molecule has 1 aliphatic rings. The van der Waals surface area contributed by atoms with E-state index in [4.69, 9.17) is 9.72 Å². The molecule has 0 saturated carbocycles. The molecule has 1 atom stereocenters. The van der Waals surface area contributed by atoms with Gasteiger partial charge in [0.25, 0.3) is 0 Å². The van der Waals surface area contributed by atoms with Crippen molar-refractivity contribution in [3.8, 4) is 17.1 Å². The number of fused-ring (bicyclic) bond motifs is 1. The van der Waals surface area contributed by atoms with Crippen LogP contribution >= 0.6 is 11.3 Å². The predicted molar refractivity (Wildman–Crippen MR) is 85.5 cm³/mol. The zero-order valence-electron chi connectivity index (χ0n) is 12.3. The Morgan fingerprint density at radius 3 is 3.14 bits per heavy atom. The molecule has 0 bridgehead atoms. The summed E-state index contributed by atoms with van der Waals surface area (Å²) in [7, 11) is 1.67. The van der Waals surface area contributed by atoms with Crippen LogP contribution in [-0.2, 0) is 0 Å². The second-order valence-electron chi connectivity index (χ2n) is 5.43. The van der Waals surface area contributed by atoms with Gasteiger partial charge in [0.1, 0.15) is 0 Å². The molecule has 0 spiro atoms. The van der Waals surface area contributed by atoms with Crippen LogP contribution in [0.2, 0.25) is 0 Å². The smallest absolute Gasteiger partial charge is 0.217 e. The minimum atomic E-state index is 0.422. The van der Waals surface area contributed by atoms with E-state index < -0.39 is 0 Å². The molecule has 4 rings (SSSR count). The highest BCUT2D eigenvalue weighted by Gasteiger charge is 2.21. The lowest BCUT2D eigenvalue weighted by Gasteiger charge is -2.22. The van der Waals surface area contributed by atoms with E-state index in [1.54, 1.807) is 23.0 Å². The predicted octanol–water partition coefficient (Wildman–Crippen LogP) is 2.33. The fraction of sp³-hybridized carbons (Fsp3) is 0.400. The molecule has 3 aromatic rings. The molecule has 1 fully saturated rings. The second-order valence-corrected chi connectivity index (χ2v) is 6.15. The van der Waals surface area contributed by atoms with Crippen molar-refractivity contribution >= 4 is 17.0 Å². The van der Waals surface area contributed by atoms with Crippen LogP contribution < -0.4 is 10.1 Å². The number of methoxy groups -OCH3 is 1. The van der Waals surface area contributed by atoms with Crippen LogP contribution in [0, 0.1) is 0 Å². The number of hydrogen-bond donors (Lipinski definition) is 1. The maximum absolute atomic E-state index is 5.51. The van der Waals surface area contributed by atoms with E-state index in [0.717, 1.165) is 42.1 Å². The van der Waals surface area contributed by atoms with Gasteiger partial charge in [0, 0.05) is 23.9 Å². The van der Waals surface area contributed by atoms with Gasteiger partial charge >= 0.3 is 0 Å². The van der Waals surface area contributed by atoms with Crippen molar-refractivity contribution < 1.29 is 4.74 Å². The highest BCUT2D eigenvalue weighted by Crippen LogP contribution is 2.30. The van der Waals surface area contributed by atoms with Crippen LogP contribution in [0.5, 0.6) is 5.88 Å². The number of thiazole rings is 1. The number of nitrogens with one attached hydrogen (secondary N) is 1. The van der Waals surface area contributed by atoms with Crippen LogP contribution in [-0.4, -0.2) is 39.8 Å². The number of ether oxygens (including phenoxy) is 1. The summed E-state index contributed by atoms with van der Waals surface area (Å²) in [4.78, 5) is 9.25. The van der Waals surface area contributed by atoms with Crippen LogP contribution in [0.25, 0.3) is 16.9 Å². The van der Waals surface area contributed by atoms with Gasteiger partial charge in [0.2, 0.25) is 5.88 Å². The van der Waals surface area contributed by atoms with E-state index in [-0.39, 0.29) is 0 Å². The summed E-state index contributed by atoms with van der Waals surface area (Å²) < 4.78 is 7.26. The molecule has 1 saturated heterocycles. The molecule has 114 valence electrons. The van der Waals surface area contributed by atoms with Gasteiger partial charge in [-0.2, -0.15) is 9.61 Å². The molecule has 0 aliphatic carbocycles. The molecule has 1 N–H and O–H groups in total. The van der Waals surface area contributed by atoms with Gasteiger partial charge in [-0.3, -0.25) is 0 Å². The third-order valence-corrected chi connectivity index (χ3v) is 4.68. The van der Waals surface area contributed by atoms with Crippen molar-refractivity contribution in [3.05, 3.63) is 28.8 Å². The molecule has 7 heteroatoms. The number of piperidine rings is 1. The quantitative estimate of drug-likeness (QED) is 0.803. The number of rotatable bonds is 3. The highest BCUT2D eigenvalue weighted by molar-refractivity contribution is 7.07. The van der Waals surface area contributed by atoms with Crippen LogP contribution in [0.4, 0.5) is 0 Å². The first-order valence-corrected chi connectivity index (χ1v) is 8.33. The third-order valence-electron chi connectivity index (χ3n) is 4.09. The Bertz CT molecular complexity index is 777. The zero-order valence-corrected chi connectivity index (χ0v) is 13.1. The van der Waals surface area contributed by atoms with E-state index in [1.165, 1.54) is 6.42 Å². The molecular formula is C15H17N5OS. The molecule has 1 unspecified atom stereocenters. The first-order chi connectivity index (χ1) is 10.9. The normalized spacial score (nSPS) is 18.7. The minimum absolute atomic E-state index is 0.422. The molecule has 1 aliphatic heterocycles. The molecule has 4 heterocycles. The second kappa shape index (κ2) is 5.66. The topological polar surface area (TPSA) is 64.3 Å². The summed E-state index contributed by atoms with van der Waals surface area (Å²) in [5.41, 5.74) is 5.56. The summed E-state index contributed by atoms with van der Waals surface area (Å²) in [6, 6.07) is 2.00. The molecule has 0 aromatic carbocycles. The van der Waals surface area contributed by atoms with Gasteiger partial charge in [-0.1, -0.05) is 0 Å². The minimum Gasteiger partial charge on any atom is -0.481 e. The summed E-state index contributed by atoms with van der Waals surface area (Å²) in [6.07, 6.45) is 4.14. The summed E-state index contributed by atoms with van der Waals surface area (Å²) in [6.45, 7) is 2.05. The Hall–Kier alpha value is -1.99. The first-order valence-electron chi connectivity index (χ1n) is 7.39. The van der Waals surface area contributed by atoms with Crippen LogP contribution in [0.15, 0.2) is 23.2 Å². The maximum atomic E-state index is 5.51. The lowest BCUT2D eigenvalue weighted by Crippen LogP contribution is -2.29. The summed E-state index contributed by atoms with van der Waals surface area (Å²) in [5.74, 6) is 1.14. The number of nitrogens with zero attached hydrogens (tertiary/aromatic N) is 4. The summed E-state index contributed by atoms with van der Waals surface area (Å²) >= 11 is 1.57. The largest absolute Gasteiger partial charge is 0.481 e. The van der Waals surface area contributed by atoms with Crippen molar-refractivity contribution in [2.75, 3.05) is 20.2 Å². The van der Waals surface area contributed by atoms with Crippen molar-refractivity contribution in [2.45, 2.75) is 18.8 Å². The van der Waals surface area contributed by atoms with Gasteiger partial charge in [-0.25, -0.2) is 9.97 Å². The third kappa shape index (κ3) is 2.26. The molecule has 6 nitrogen and oxygen atoms in total. The lowest BCUT2D eigenvalue weighted by molar-refractivity contribution is 0.381. The Kier molecular flexibility index (Phi) is 3.51. The lowest BCUT2D eigenvalue weighted by atomic mass is 9.96. The first kappa shape index (κ1) is 13.7. The molecular weight excluding hydrogens is 298 g/mol. The number of aromatic nitrogens is 4. The maximum Gasteiger partial charge on any atom is 0.217 e. The van der Waals surface area contributed by atoms with Gasteiger partial charge in [0.15, 0.2) is 5.65 Å². The Morgan fingerprint density at radius 2 is 2.41 bits per heavy atom. The van der Waals surface area contributed by atoms with Gasteiger partial charge in [-0.15, -0.1) is 11.3 Å². The van der Waals surface area contributed by atoms with Crippen molar-refractivity contribution in [2.24, 2.45) is 0 Å². The molecule has 22 heavy (non-hydrogen) atoms. The monoisotopic (exact) mass is 315 g/mol. The van der Waals surface area contributed by atoms with Crippen molar-refractivity contribution in [1.82, 2.24) is 24.9 Å². The standard InChI is InChI=1S/C15H17N5OS/c1-21-14-5-12(10-3-2-4-16-6-10)19-15-11(7-18-20(14)15)13-8-22-9-17-13/h5,7-10,16H,2-4,6H2,1H3. The fourth-order valence-corrected chi connectivity index (χ4v) is 3.49.